The molecule has 1 amide bonds. The molecule has 2 aromatic heterocycles. The zero-order valence-electron chi connectivity index (χ0n) is 21.8. The number of carbonyl (C=O) groups excluding carboxylic acids is 3. The van der Waals surface area contributed by atoms with Crippen molar-refractivity contribution in [2.24, 2.45) is 0 Å². The molecule has 0 bridgehead atoms. The summed E-state index contributed by atoms with van der Waals surface area (Å²) in [6.45, 7) is 7.88. The number of ketones is 1. The summed E-state index contributed by atoms with van der Waals surface area (Å²) in [5.74, 6) is -2.01. The quantitative estimate of drug-likeness (QED) is 0.0848. The first-order chi connectivity index (χ1) is 18.9. The van der Waals surface area contributed by atoms with E-state index < -0.39 is 23.7 Å². The number of aliphatic hydroxyl groups excluding tert-OH is 1. The monoisotopic (exact) mass is 547 g/mol. The van der Waals surface area contributed by atoms with E-state index in [1.54, 1.807) is 43.3 Å². The minimum Gasteiger partial charge on any atom is -0.507 e. The van der Waals surface area contributed by atoms with Crippen molar-refractivity contribution < 1.29 is 29.0 Å². The van der Waals surface area contributed by atoms with Gasteiger partial charge in [0, 0.05) is 18.0 Å². The smallest absolute Gasteiger partial charge is 0.350 e. The second kappa shape index (κ2) is 12.5. The Morgan fingerprint density at radius 3 is 2.54 bits per heavy atom. The first-order valence-electron chi connectivity index (χ1n) is 12.6. The van der Waals surface area contributed by atoms with Gasteiger partial charge in [-0.25, -0.2) is 9.78 Å². The van der Waals surface area contributed by atoms with Crippen molar-refractivity contribution >= 4 is 39.9 Å². The lowest BCUT2D eigenvalue weighted by Gasteiger charge is -2.23. The summed E-state index contributed by atoms with van der Waals surface area (Å²) < 4.78 is 11.0. The van der Waals surface area contributed by atoms with E-state index >= 15 is 0 Å². The average Bonchev–Trinajstić information content (AvgIpc) is 3.46. The highest BCUT2D eigenvalue weighted by Gasteiger charge is 2.48. The molecule has 1 saturated heterocycles. The summed E-state index contributed by atoms with van der Waals surface area (Å²) in [7, 11) is 0. The van der Waals surface area contributed by atoms with E-state index in [0.29, 0.717) is 29.2 Å². The van der Waals surface area contributed by atoms with Crippen molar-refractivity contribution in [1.29, 1.82) is 0 Å². The number of pyridine rings is 1. The molecule has 3 heterocycles. The molecule has 0 aliphatic carbocycles. The van der Waals surface area contributed by atoms with Crippen molar-refractivity contribution in [1.82, 2.24) is 9.97 Å². The number of carbonyl (C=O) groups is 3. The molecule has 1 N–H and O–H groups in total. The van der Waals surface area contributed by atoms with Gasteiger partial charge >= 0.3 is 11.9 Å². The summed E-state index contributed by atoms with van der Waals surface area (Å²) in [5, 5.41) is 11.3. The SMILES string of the molecule is C=CCOC(=O)c1sc(N2C(=O)C(=O)/C(=C(/O)c3ccncc3)C2c2ccc(OCCCCC)cc2)nc1C. The van der Waals surface area contributed by atoms with Crippen molar-refractivity contribution in [2.75, 3.05) is 18.1 Å². The van der Waals surface area contributed by atoms with Crippen LogP contribution in [0.15, 0.2) is 67.0 Å². The standard InChI is InChI=1S/C29H29N3O6S/c1-4-6-7-17-37-21-10-8-19(9-11-21)23-22(24(33)20-12-14-30-15-13-20)25(34)27(35)32(23)29-31-18(3)26(39-29)28(36)38-16-5-2/h5,8-15,23,33H,2,4,6-7,16-17H2,1,3H3/b24-22+. The molecule has 1 aliphatic rings. The lowest BCUT2D eigenvalue weighted by Crippen LogP contribution is -2.29. The first kappa shape index (κ1) is 27.7. The van der Waals surface area contributed by atoms with Gasteiger partial charge in [-0.2, -0.15) is 0 Å². The Balaban J connectivity index is 1.78. The van der Waals surface area contributed by atoms with Crippen LogP contribution in [0.4, 0.5) is 5.13 Å². The molecule has 0 spiro atoms. The fraction of sp³-hybridized carbons (Fsp3) is 0.276. The van der Waals surface area contributed by atoms with Crippen molar-refractivity contribution in [3.05, 3.63) is 88.7 Å². The van der Waals surface area contributed by atoms with E-state index in [-0.39, 0.29) is 27.9 Å². The lowest BCUT2D eigenvalue weighted by molar-refractivity contribution is -0.132. The summed E-state index contributed by atoms with van der Waals surface area (Å²) in [6, 6.07) is 9.13. The molecular weight excluding hydrogens is 518 g/mol. The number of amides is 1. The number of benzene rings is 1. The summed E-state index contributed by atoms with van der Waals surface area (Å²) in [6.07, 6.45) is 7.50. The van der Waals surface area contributed by atoms with Crippen LogP contribution in [0.3, 0.4) is 0 Å². The maximum absolute atomic E-state index is 13.4. The van der Waals surface area contributed by atoms with Crippen molar-refractivity contribution in [2.45, 2.75) is 39.2 Å². The molecule has 0 radical (unpaired) electrons. The molecule has 1 aliphatic heterocycles. The Labute approximate surface area is 230 Å². The van der Waals surface area contributed by atoms with Gasteiger partial charge in [0.2, 0.25) is 0 Å². The highest BCUT2D eigenvalue weighted by Crippen LogP contribution is 2.44. The normalized spacial score (nSPS) is 16.4. The minimum absolute atomic E-state index is 0.0226. The molecule has 0 saturated carbocycles. The maximum Gasteiger partial charge on any atom is 0.350 e. The van der Waals surface area contributed by atoms with E-state index in [1.807, 2.05) is 0 Å². The second-order valence-electron chi connectivity index (χ2n) is 8.83. The second-order valence-corrected chi connectivity index (χ2v) is 9.81. The van der Waals surface area contributed by atoms with Gasteiger partial charge in [0.15, 0.2) is 5.13 Å². The molecule has 39 heavy (non-hydrogen) atoms. The number of rotatable bonds is 11. The summed E-state index contributed by atoms with van der Waals surface area (Å²) >= 11 is 0.942. The average molecular weight is 548 g/mol. The predicted octanol–water partition coefficient (Wildman–Crippen LogP) is 5.38. The van der Waals surface area contributed by atoms with E-state index in [2.05, 4.69) is 23.5 Å². The molecule has 10 heteroatoms. The summed E-state index contributed by atoms with van der Waals surface area (Å²) in [5.41, 5.74) is 1.17. The number of ether oxygens (including phenoxy) is 2. The highest BCUT2D eigenvalue weighted by atomic mass is 32.1. The molecule has 1 fully saturated rings. The number of aliphatic hydroxyl groups is 1. The predicted molar refractivity (Wildman–Crippen MR) is 148 cm³/mol. The lowest BCUT2D eigenvalue weighted by atomic mass is 9.95. The first-order valence-corrected chi connectivity index (χ1v) is 13.4. The van der Waals surface area contributed by atoms with Crippen LogP contribution in [0.25, 0.3) is 5.76 Å². The van der Waals surface area contributed by atoms with Crippen LogP contribution in [0, 0.1) is 6.92 Å². The number of aryl methyl sites for hydroxylation is 1. The Hall–Kier alpha value is -4.31. The van der Waals surface area contributed by atoms with Gasteiger partial charge in [0.1, 0.15) is 23.0 Å². The maximum atomic E-state index is 13.4. The van der Waals surface area contributed by atoms with Gasteiger partial charge in [-0.1, -0.05) is 55.9 Å². The third-order valence-corrected chi connectivity index (χ3v) is 7.26. The summed E-state index contributed by atoms with van der Waals surface area (Å²) in [4.78, 5) is 49.1. The number of unbranched alkanes of at least 4 members (excludes halogenated alkanes) is 2. The minimum atomic E-state index is -0.991. The molecule has 9 nitrogen and oxygen atoms in total. The van der Waals surface area contributed by atoms with Crippen LogP contribution >= 0.6 is 11.3 Å². The zero-order chi connectivity index (χ0) is 27.9. The number of hydrogen-bond donors (Lipinski definition) is 1. The molecule has 4 rings (SSSR count). The van der Waals surface area contributed by atoms with Gasteiger partial charge in [-0.3, -0.25) is 19.5 Å². The van der Waals surface area contributed by atoms with Gasteiger partial charge in [0.25, 0.3) is 5.78 Å². The van der Waals surface area contributed by atoms with Crippen LogP contribution < -0.4 is 9.64 Å². The number of nitrogens with zero attached hydrogens (tertiary/aromatic N) is 3. The molecule has 1 aromatic carbocycles. The van der Waals surface area contributed by atoms with Crippen LogP contribution in [-0.4, -0.2) is 45.9 Å². The third kappa shape index (κ3) is 5.91. The van der Waals surface area contributed by atoms with Crippen molar-refractivity contribution in [3.8, 4) is 5.75 Å². The number of anilines is 1. The third-order valence-electron chi connectivity index (χ3n) is 6.12. The van der Waals surface area contributed by atoms with E-state index in [0.717, 1.165) is 30.6 Å². The van der Waals surface area contributed by atoms with Gasteiger partial charge < -0.3 is 14.6 Å². The van der Waals surface area contributed by atoms with Gasteiger partial charge in [0.05, 0.1) is 23.9 Å². The van der Waals surface area contributed by atoms with Crippen LogP contribution in [0.5, 0.6) is 5.75 Å². The van der Waals surface area contributed by atoms with E-state index in [9.17, 15) is 19.5 Å². The van der Waals surface area contributed by atoms with Gasteiger partial charge in [-0.15, -0.1) is 0 Å². The van der Waals surface area contributed by atoms with E-state index in [4.69, 9.17) is 9.47 Å². The fourth-order valence-electron chi connectivity index (χ4n) is 4.17. The van der Waals surface area contributed by atoms with Gasteiger partial charge in [-0.05, 0) is 43.2 Å². The molecule has 202 valence electrons. The number of aromatic nitrogens is 2. The molecule has 1 atom stereocenters. The Bertz CT molecular complexity index is 1400. The topological polar surface area (TPSA) is 119 Å². The highest BCUT2D eigenvalue weighted by molar-refractivity contribution is 7.17. The van der Waals surface area contributed by atoms with Crippen LogP contribution in [0.1, 0.15) is 58.7 Å². The number of Topliss-reactive ketones (excluding diaryl/α,β-unsaturated/α-hetero) is 1. The van der Waals surface area contributed by atoms with Crippen LogP contribution in [-0.2, 0) is 14.3 Å². The van der Waals surface area contributed by atoms with Crippen molar-refractivity contribution in [3.63, 3.8) is 0 Å². The Morgan fingerprint density at radius 1 is 1.15 bits per heavy atom. The number of hydrogen-bond acceptors (Lipinski definition) is 9. The number of esters is 1. The largest absolute Gasteiger partial charge is 0.507 e. The Morgan fingerprint density at radius 2 is 1.87 bits per heavy atom. The molecular formula is C29H29N3O6S. The molecule has 1 unspecified atom stereocenters. The van der Waals surface area contributed by atoms with Crippen LogP contribution in [0.2, 0.25) is 0 Å². The fourth-order valence-corrected chi connectivity index (χ4v) is 5.16. The van der Waals surface area contributed by atoms with E-state index in [1.165, 1.54) is 23.4 Å². The molecule has 3 aromatic rings. The number of thiazole rings is 1. The Kier molecular flexibility index (Phi) is 8.88. The zero-order valence-corrected chi connectivity index (χ0v) is 22.6.